The summed E-state index contributed by atoms with van der Waals surface area (Å²) in [6, 6.07) is 3.74. The molecule has 6 nitrogen and oxygen atoms in total. The SMILES string of the molecule is CN(C)c1nc(B2OC(C)(C)C(C)(C)O2)cn1-c1ccco1. The van der Waals surface area contributed by atoms with Crippen LogP contribution in [0.4, 0.5) is 5.95 Å². The smallest absolute Gasteiger partial charge is 0.448 e. The third-order valence-electron chi connectivity index (χ3n) is 4.34. The number of aromatic nitrogens is 2. The summed E-state index contributed by atoms with van der Waals surface area (Å²) in [5.41, 5.74) is -0.0341. The first kappa shape index (κ1) is 15.2. The Bertz CT molecular complexity index is 646. The summed E-state index contributed by atoms with van der Waals surface area (Å²) in [7, 11) is 3.39. The molecular weight excluding hydrogens is 281 g/mol. The van der Waals surface area contributed by atoms with E-state index >= 15 is 0 Å². The molecule has 22 heavy (non-hydrogen) atoms. The molecule has 0 bridgehead atoms. The van der Waals surface area contributed by atoms with Crippen molar-refractivity contribution in [2.24, 2.45) is 0 Å². The van der Waals surface area contributed by atoms with E-state index in [2.05, 4.69) is 4.98 Å². The molecule has 3 rings (SSSR count). The average Bonchev–Trinajstić information content (AvgIpc) is 3.09. The monoisotopic (exact) mass is 303 g/mol. The van der Waals surface area contributed by atoms with E-state index in [0.717, 1.165) is 11.5 Å². The van der Waals surface area contributed by atoms with Crippen molar-refractivity contribution in [2.75, 3.05) is 19.0 Å². The standard InChI is InChI=1S/C15H22BN3O3/c1-14(2)15(3,4)22-16(21-14)11-10-19(12-8-7-9-20-12)13(17-11)18(5)6/h7-10H,1-6H3. The summed E-state index contributed by atoms with van der Waals surface area (Å²) in [5, 5.41) is 0. The van der Waals surface area contributed by atoms with Crippen LogP contribution < -0.4 is 10.5 Å². The van der Waals surface area contributed by atoms with Gasteiger partial charge in [0, 0.05) is 26.4 Å². The number of furan rings is 1. The second-order valence-electron chi connectivity index (χ2n) is 6.77. The van der Waals surface area contributed by atoms with Crippen molar-refractivity contribution in [3.8, 4) is 5.88 Å². The zero-order valence-electron chi connectivity index (χ0n) is 14.0. The Balaban J connectivity index is 1.98. The van der Waals surface area contributed by atoms with Gasteiger partial charge in [-0.05, 0) is 33.8 Å². The van der Waals surface area contributed by atoms with Crippen molar-refractivity contribution in [2.45, 2.75) is 38.9 Å². The Morgan fingerprint density at radius 2 is 1.77 bits per heavy atom. The minimum absolute atomic E-state index is 0.385. The van der Waals surface area contributed by atoms with Gasteiger partial charge in [-0.2, -0.15) is 0 Å². The topological polar surface area (TPSA) is 52.7 Å². The zero-order chi connectivity index (χ0) is 16.1. The van der Waals surface area contributed by atoms with Gasteiger partial charge in [0.1, 0.15) is 0 Å². The van der Waals surface area contributed by atoms with Gasteiger partial charge in [0.2, 0.25) is 11.8 Å². The minimum Gasteiger partial charge on any atom is -0.448 e. The van der Waals surface area contributed by atoms with Crippen LogP contribution in [0.15, 0.2) is 29.0 Å². The predicted molar refractivity (Wildman–Crippen MR) is 85.9 cm³/mol. The van der Waals surface area contributed by atoms with E-state index in [1.807, 2.05) is 69.6 Å². The van der Waals surface area contributed by atoms with E-state index in [4.69, 9.17) is 13.7 Å². The molecule has 0 aliphatic carbocycles. The van der Waals surface area contributed by atoms with Gasteiger partial charge in [0.25, 0.3) is 0 Å². The van der Waals surface area contributed by atoms with E-state index in [0.29, 0.717) is 5.88 Å². The predicted octanol–water partition coefficient (Wildman–Crippen LogP) is 1.83. The molecule has 1 fully saturated rings. The second-order valence-corrected chi connectivity index (χ2v) is 6.77. The molecule has 0 saturated carbocycles. The van der Waals surface area contributed by atoms with E-state index < -0.39 is 7.12 Å². The van der Waals surface area contributed by atoms with E-state index in [9.17, 15) is 0 Å². The first-order valence-corrected chi connectivity index (χ1v) is 7.37. The van der Waals surface area contributed by atoms with Crippen LogP contribution >= 0.6 is 0 Å². The van der Waals surface area contributed by atoms with E-state index in [1.54, 1.807) is 6.26 Å². The Morgan fingerprint density at radius 3 is 2.27 bits per heavy atom. The Kier molecular flexibility index (Phi) is 3.38. The zero-order valence-corrected chi connectivity index (χ0v) is 14.0. The first-order valence-electron chi connectivity index (χ1n) is 7.37. The van der Waals surface area contributed by atoms with Crippen molar-refractivity contribution >= 4 is 18.7 Å². The van der Waals surface area contributed by atoms with Crippen LogP contribution in [-0.4, -0.2) is 42.0 Å². The van der Waals surface area contributed by atoms with Gasteiger partial charge in [-0.3, -0.25) is 4.57 Å². The highest BCUT2D eigenvalue weighted by Crippen LogP contribution is 2.36. The van der Waals surface area contributed by atoms with Gasteiger partial charge in [-0.25, -0.2) is 4.98 Å². The van der Waals surface area contributed by atoms with Crippen molar-refractivity contribution in [1.29, 1.82) is 0 Å². The van der Waals surface area contributed by atoms with Crippen molar-refractivity contribution in [3.05, 3.63) is 24.6 Å². The molecule has 7 heteroatoms. The quantitative estimate of drug-likeness (QED) is 0.810. The lowest BCUT2D eigenvalue weighted by atomic mass is 9.86. The minimum atomic E-state index is -0.486. The van der Waals surface area contributed by atoms with E-state index in [-0.39, 0.29) is 11.2 Å². The maximum Gasteiger partial charge on any atom is 0.516 e. The summed E-state index contributed by atoms with van der Waals surface area (Å²) < 4.78 is 19.5. The van der Waals surface area contributed by atoms with Crippen LogP contribution in [0.5, 0.6) is 0 Å². The highest BCUT2D eigenvalue weighted by Gasteiger charge is 2.52. The molecule has 3 heterocycles. The lowest BCUT2D eigenvalue weighted by molar-refractivity contribution is 0.00578. The molecule has 0 radical (unpaired) electrons. The number of rotatable bonds is 3. The molecule has 0 aromatic carbocycles. The maximum absolute atomic E-state index is 6.07. The average molecular weight is 303 g/mol. The van der Waals surface area contributed by atoms with Gasteiger partial charge < -0.3 is 18.6 Å². The van der Waals surface area contributed by atoms with Crippen LogP contribution in [0.1, 0.15) is 27.7 Å². The Morgan fingerprint density at radius 1 is 1.14 bits per heavy atom. The van der Waals surface area contributed by atoms with Gasteiger partial charge in [-0.1, -0.05) is 0 Å². The molecule has 0 spiro atoms. The number of anilines is 1. The summed E-state index contributed by atoms with van der Waals surface area (Å²) >= 11 is 0. The number of hydrogen-bond donors (Lipinski definition) is 0. The fraction of sp³-hybridized carbons (Fsp3) is 0.533. The van der Waals surface area contributed by atoms with Crippen LogP contribution in [-0.2, 0) is 9.31 Å². The molecule has 0 N–H and O–H groups in total. The molecule has 1 saturated heterocycles. The van der Waals surface area contributed by atoms with Crippen LogP contribution in [0, 0.1) is 0 Å². The second kappa shape index (κ2) is 4.89. The number of imidazole rings is 1. The summed E-state index contributed by atoms with van der Waals surface area (Å²) in [4.78, 5) is 6.59. The van der Waals surface area contributed by atoms with Crippen molar-refractivity contribution in [1.82, 2.24) is 9.55 Å². The van der Waals surface area contributed by atoms with Crippen molar-refractivity contribution < 1.29 is 13.7 Å². The maximum atomic E-state index is 6.07. The third-order valence-corrected chi connectivity index (χ3v) is 4.34. The summed E-state index contributed by atoms with van der Waals surface area (Å²) in [6.45, 7) is 8.12. The molecule has 1 aliphatic heterocycles. The molecule has 1 aliphatic rings. The molecule has 2 aromatic heterocycles. The van der Waals surface area contributed by atoms with E-state index in [1.165, 1.54) is 0 Å². The fourth-order valence-electron chi connectivity index (χ4n) is 2.35. The van der Waals surface area contributed by atoms with Crippen LogP contribution in [0.3, 0.4) is 0 Å². The molecule has 118 valence electrons. The van der Waals surface area contributed by atoms with Gasteiger partial charge in [0.15, 0.2) is 0 Å². The molecule has 2 aromatic rings. The van der Waals surface area contributed by atoms with Gasteiger partial charge >= 0.3 is 7.12 Å². The first-order chi connectivity index (χ1) is 10.2. The summed E-state index contributed by atoms with van der Waals surface area (Å²) in [6.07, 6.45) is 3.54. The highest BCUT2D eigenvalue weighted by atomic mass is 16.7. The molecule has 0 amide bonds. The highest BCUT2D eigenvalue weighted by molar-refractivity contribution is 6.61. The fourth-order valence-corrected chi connectivity index (χ4v) is 2.35. The van der Waals surface area contributed by atoms with Gasteiger partial charge in [-0.15, -0.1) is 0 Å². The molecular formula is C15H22BN3O3. The lowest BCUT2D eigenvalue weighted by Crippen LogP contribution is -2.41. The lowest BCUT2D eigenvalue weighted by Gasteiger charge is -2.32. The number of hydrogen-bond acceptors (Lipinski definition) is 5. The largest absolute Gasteiger partial charge is 0.516 e. The Hall–Kier alpha value is -1.73. The third kappa shape index (κ3) is 2.34. The van der Waals surface area contributed by atoms with Crippen LogP contribution in [0.2, 0.25) is 0 Å². The van der Waals surface area contributed by atoms with Gasteiger partial charge in [0.05, 0.1) is 23.1 Å². The van der Waals surface area contributed by atoms with Crippen LogP contribution in [0.25, 0.3) is 5.88 Å². The Labute approximate surface area is 131 Å². The molecule has 0 atom stereocenters. The number of nitrogens with zero attached hydrogens (tertiary/aromatic N) is 3. The normalized spacial score (nSPS) is 19.6. The van der Waals surface area contributed by atoms with Crippen molar-refractivity contribution in [3.63, 3.8) is 0 Å². The molecule has 0 unspecified atom stereocenters. The summed E-state index contributed by atoms with van der Waals surface area (Å²) in [5.74, 6) is 1.47.